The van der Waals surface area contributed by atoms with Gasteiger partial charge in [-0.1, -0.05) is 49.9 Å². The van der Waals surface area contributed by atoms with Gasteiger partial charge in [0.2, 0.25) is 11.1 Å². The van der Waals surface area contributed by atoms with Gasteiger partial charge in [0.15, 0.2) is 0 Å². The molecule has 174 valence electrons. The maximum absolute atomic E-state index is 12.3. The molecule has 3 aromatic rings. The van der Waals surface area contributed by atoms with Crippen LogP contribution in [0.15, 0.2) is 58.8 Å². The fraction of sp³-hybridized carbons (Fsp3) is 0.304. The van der Waals surface area contributed by atoms with Gasteiger partial charge < -0.3 is 16.1 Å². The minimum atomic E-state index is -0.145. The third-order valence-electron chi connectivity index (χ3n) is 5.16. The minimum absolute atomic E-state index is 0.145. The Kier molecular flexibility index (Phi) is 8.31. The van der Waals surface area contributed by atoms with Gasteiger partial charge in [-0.25, -0.2) is 10.1 Å². The Bertz CT molecular complexity index is 1080. The molecule has 10 heteroatoms. The number of hydrogen-bond acceptors (Lipinski definition) is 8. The van der Waals surface area contributed by atoms with Gasteiger partial charge in [0.05, 0.1) is 12.0 Å². The van der Waals surface area contributed by atoms with Crippen LogP contribution in [0.3, 0.4) is 0 Å². The largest absolute Gasteiger partial charge is 0.378 e. The number of nitrogen functional groups attached to an aromatic ring is 1. The lowest BCUT2D eigenvalue weighted by Gasteiger charge is -2.11. The number of amides is 1. The number of aromatic nitrogens is 3. The summed E-state index contributed by atoms with van der Waals surface area (Å²) in [5, 5.41) is 15.5. The summed E-state index contributed by atoms with van der Waals surface area (Å²) in [6.45, 7) is 4.34. The van der Waals surface area contributed by atoms with Crippen LogP contribution in [0.25, 0.3) is 0 Å². The van der Waals surface area contributed by atoms with E-state index in [0.29, 0.717) is 11.1 Å². The first-order chi connectivity index (χ1) is 15.9. The van der Waals surface area contributed by atoms with E-state index in [1.165, 1.54) is 22.0 Å². The van der Waals surface area contributed by atoms with Crippen molar-refractivity contribution in [2.45, 2.75) is 31.3 Å². The van der Waals surface area contributed by atoms with E-state index in [-0.39, 0.29) is 17.6 Å². The molecule has 0 saturated heterocycles. The zero-order valence-electron chi connectivity index (χ0n) is 19.3. The molecule has 0 saturated carbocycles. The highest BCUT2D eigenvalue weighted by Gasteiger charge is 2.12. The van der Waals surface area contributed by atoms with Crippen molar-refractivity contribution >= 4 is 41.2 Å². The number of carbonyl (C=O) groups is 1. The number of nitrogens with two attached hydrogens (primary N) is 1. The van der Waals surface area contributed by atoms with Crippen LogP contribution in [0, 0.1) is 0 Å². The molecule has 0 radical (unpaired) electrons. The van der Waals surface area contributed by atoms with Crippen LogP contribution in [0.2, 0.25) is 0 Å². The van der Waals surface area contributed by atoms with Crippen LogP contribution >= 0.6 is 11.8 Å². The molecule has 1 unspecified atom stereocenters. The van der Waals surface area contributed by atoms with Crippen molar-refractivity contribution in [2.75, 3.05) is 41.3 Å². The summed E-state index contributed by atoms with van der Waals surface area (Å²) in [7, 11) is 3.98. The third kappa shape index (κ3) is 6.72. The van der Waals surface area contributed by atoms with E-state index in [2.05, 4.69) is 39.9 Å². The highest BCUT2D eigenvalue weighted by atomic mass is 32.2. The zero-order valence-corrected chi connectivity index (χ0v) is 20.1. The molecule has 3 rings (SSSR count). The number of hydrazone groups is 1. The summed E-state index contributed by atoms with van der Waals surface area (Å²) < 4.78 is 1.27. The summed E-state index contributed by atoms with van der Waals surface area (Å²) in [5.41, 5.74) is 6.83. The molecule has 2 aromatic carbocycles. The predicted octanol–water partition coefficient (Wildman–Crippen LogP) is 3.75. The zero-order chi connectivity index (χ0) is 23.8. The molecular formula is C23H30N8OS. The van der Waals surface area contributed by atoms with Gasteiger partial charge in [-0.3, -0.25) is 4.79 Å². The lowest BCUT2D eigenvalue weighted by Crippen LogP contribution is -2.17. The summed E-state index contributed by atoms with van der Waals surface area (Å²) >= 11 is 1.20. The molecule has 0 aliphatic rings. The van der Waals surface area contributed by atoms with Crippen LogP contribution in [-0.2, 0) is 4.79 Å². The molecule has 1 heterocycles. The second-order valence-electron chi connectivity index (χ2n) is 7.80. The van der Waals surface area contributed by atoms with Gasteiger partial charge in [0.1, 0.15) is 0 Å². The highest BCUT2D eigenvalue weighted by Crippen LogP contribution is 2.21. The fourth-order valence-electron chi connectivity index (χ4n) is 2.93. The van der Waals surface area contributed by atoms with Crippen LogP contribution < -0.4 is 21.5 Å². The Hall–Kier alpha value is -3.53. The minimum Gasteiger partial charge on any atom is -0.378 e. The first-order valence-electron chi connectivity index (χ1n) is 10.7. The maximum Gasteiger partial charge on any atom is 0.264 e. The van der Waals surface area contributed by atoms with Crippen LogP contribution in [0.5, 0.6) is 0 Å². The quantitative estimate of drug-likeness (QED) is 0.180. The Morgan fingerprint density at radius 2 is 1.88 bits per heavy atom. The van der Waals surface area contributed by atoms with Crippen molar-refractivity contribution in [3.05, 3.63) is 59.7 Å². The monoisotopic (exact) mass is 466 g/mol. The van der Waals surface area contributed by atoms with Crippen molar-refractivity contribution in [1.82, 2.24) is 14.9 Å². The molecule has 1 aromatic heterocycles. The number of benzene rings is 2. The van der Waals surface area contributed by atoms with Crippen molar-refractivity contribution in [1.29, 1.82) is 0 Å². The molecule has 0 fully saturated rings. The highest BCUT2D eigenvalue weighted by molar-refractivity contribution is 7.99. The van der Waals surface area contributed by atoms with Crippen LogP contribution in [0.1, 0.15) is 37.3 Å². The normalized spacial score (nSPS) is 12.0. The lowest BCUT2D eigenvalue weighted by molar-refractivity contribution is -0.113. The molecular weight excluding hydrogens is 436 g/mol. The summed E-state index contributed by atoms with van der Waals surface area (Å²) in [5.74, 6) is 6.82. The van der Waals surface area contributed by atoms with Gasteiger partial charge in [0.25, 0.3) is 5.95 Å². The Morgan fingerprint density at radius 3 is 2.52 bits per heavy atom. The van der Waals surface area contributed by atoms with Crippen molar-refractivity contribution in [3.8, 4) is 0 Å². The van der Waals surface area contributed by atoms with E-state index in [1.807, 2.05) is 67.5 Å². The van der Waals surface area contributed by atoms with E-state index in [0.717, 1.165) is 23.4 Å². The SMILES string of the molecule is CCC(C)c1ccc(NC(=O)CSc2nnc(N/N=C/c3ccc(N(C)C)cc3)n2N)cc1. The standard InChI is InChI=1S/C23H30N8OS/c1-5-16(2)18-8-10-19(11-9-18)26-21(32)15-33-23-29-28-22(31(23)24)27-25-14-17-6-12-20(13-7-17)30(3)4/h6-14,16H,5,15,24H2,1-4H3,(H,26,32)(H,27,28)/b25-14+. The summed E-state index contributed by atoms with van der Waals surface area (Å²) in [6.07, 6.45) is 2.75. The van der Waals surface area contributed by atoms with Crippen molar-refractivity contribution in [2.24, 2.45) is 5.10 Å². The molecule has 0 aliphatic heterocycles. The molecule has 0 spiro atoms. The van der Waals surface area contributed by atoms with Crippen LogP contribution in [-0.4, -0.2) is 46.8 Å². The number of thioether (sulfide) groups is 1. The van der Waals surface area contributed by atoms with Crippen molar-refractivity contribution in [3.63, 3.8) is 0 Å². The predicted molar refractivity (Wildman–Crippen MR) is 137 cm³/mol. The molecule has 9 nitrogen and oxygen atoms in total. The van der Waals surface area contributed by atoms with Crippen LogP contribution in [0.4, 0.5) is 17.3 Å². The van der Waals surface area contributed by atoms with Crippen molar-refractivity contribution < 1.29 is 4.79 Å². The molecule has 1 amide bonds. The molecule has 0 aliphatic carbocycles. The van der Waals surface area contributed by atoms with Gasteiger partial charge in [-0.2, -0.15) is 5.10 Å². The Labute approximate surface area is 198 Å². The van der Waals surface area contributed by atoms with Gasteiger partial charge in [0, 0.05) is 25.5 Å². The first kappa shape index (κ1) is 24.1. The Balaban J connectivity index is 1.49. The van der Waals surface area contributed by atoms with Gasteiger partial charge in [-0.15, -0.1) is 10.2 Å². The molecule has 4 N–H and O–H groups in total. The molecule has 1 atom stereocenters. The molecule has 0 bridgehead atoms. The molecule has 33 heavy (non-hydrogen) atoms. The van der Waals surface area contributed by atoms with E-state index >= 15 is 0 Å². The second-order valence-corrected chi connectivity index (χ2v) is 8.74. The van der Waals surface area contributed by atoms with Gasteiger partial charge in [-0.05, 0) is 47.7 Å². The number of carbonyl (C=O) groups excluding carboxylic acids is 1. The average Bonchev–Trinajstić information content (AvgIpc) is 3.17. The Morgan fingerprint density at radius 1 is 1.18 bits per heavy atom. The lowest BCUT2D eigenvalue weighted by atomic mass is 9.99. The van der Waals surface area contributed by atoms with E-state index in [4.69, 9.17) is 5.84 Å². The topological polar surface area (TPSA) is 113 Å². The summed E-state index contributed by atoms with van der Waals surface area (Å²) in [4.78, 5) is 14.3. The maximum atomic E-state index is 12.3. The van der Waals surface area contributed by atoms with Gasteiger partial charge >= 0.3 is 0 Å². The van der Waals surface area contributed by atoms with E-state index < -0.39 is 0 Å². The number of rotatable bonds is 10. The van der Waals surface area contributed by atoms with E-state index in [9.17, 15) is 4.79 Å². The smallest absolute Gasteiger partial charge is 0.264 e. The summed E-state index contributed by atoms with van der Waals surface area (Å²) in [6, 6.07) is 15.9. The number of nitrogens with zero attached hydrogens (tertiary/aromatic N) is 5. The number of nitrogens with one attached hydrogen (secondary N) is 2. The number of anilines is 3. The third-order valence-corrected chi connectivity index (χ3v) is 6.10. The first-order valence-corrected chi connectivity index (χ1v) is 11.7. The second kappa shape index (κ2) is 11.4. The number of hydrogen-bond donors (Lipinski definition) is 3. The average molecular weight is 467 g/mol. The van der Waals surface area contributed by atoms with E-state index in [1.54, 1.807) is 6.21 Å². The fourth-order valence-corrected chi connectivity index (χ4v) is 3.59.